The zero-order valence-electron chi connectivity index (χ0n) is 12.9. The smallest absolute Gasteiger partial charge is 0.251 e. The zero-order chi connectivity index (χ0) is 15.5. The molecule has 3 heteroatoms. The quantitative estimate of drug-likeness (QED) is 0.831. The van der Waals surface area contributed by atoms with Gasteiger partial charge in [0, 0.05) is 17.3 Å². The van der Waals surface area contributed by atoms with Crippen LogP contribution in [-0.4, -0.2) is 11.9 Å². The molecule has 3 rings (SSSR count). The molecule has 0 bridgehead atoms. The maximum atomic E-state index is 12.6. The molecular formula is C19H22N2O. The topological polar surface area (TPSA) is 55.1 Å². The molecule has 1 atom stereocenters. The highest BCUT2D eigenvalue weighted by molar-refractivity contribution is 5.96. The van der Waals surface area contributed by atoms with Gasteiger partial charge in [-0.25, -0.2) is 0 Å². The molecule has 0 heterocycles. The average molecular weight is 294 g/mol. The number of hydrogen-bond donors (Lipinski definition) is 2. The number of carbonyl (C=O) groups is 1. The Morgan fingerprint density at radius 3 is 2.64 bits per heavy atom. The molecule has 0 aromatic heterocycles. The Balaban J connectivity index is 1.73. The molecule has 0 aliphatic heterocycles. The second kappa shape index (κ2) is 6.22. The van der Waals surface area contributed by atoms with Crippen molar-refractivity contribution in [2.75, 3.05) is 5.73 Å². The molecule has 1 saturated carbocycles. The number of nitrogen functional groups attached to an aromatic ring is 1. The molecular weight excluding hydrogens is 272 g/mol. The lowest BCUT2D eigenvalue weighted by Gasteiger charge is -2.19. The summed E-state index contributed by atoms with van der Waals surface area (Å²) in [4.78, 5) is 12.6. The predicted molar refractivity (Wildman–Crippen MR) is 89.7 cm³/mol. The van der Waals surface area contributed by atoms with Crippen LogP contribution in [0.4, 0.5) is 5.69 Å². The van der Waals surface area contributed by atoms with Crippen molar-refractivity contribution in [1.82, 2.24) is 5.32 Å². The van der Waals surface area contributed by atoms with Gasteiger partial charge in [-0.2, -0.15) is 0 Å². The highest BCUT2D eigenvalue weighted by Crippen LogP contribution is 2.34. The number of benzene rings is 2. The monoisotopic (exact) mass is 294 g/mol. The van der Waals surface area contributed by atoms with Crippen molar-refractivity contribution in [3.63, 3.8) is 0 Å². The van der Waals surface area contributed by atoms with E-state index in [0.29, 0.717) is 17.2 Å². The van der Waals surface area contributed by atoms with Crippen LogP contribution >= 0.6 is 0 Å². The lowest BCUT2D eigenvalue weighted by molar-refractivity contribution is 0.0931. The molecule has 2 aromatic carbocycles. The van der Waals surface area contributed by atoms with Crippen LogP contribution in [0.5, 0.6) is 0 Å². The summed E-state index contributed by atoms with van der Waals surface area (Å²) in [5.74, 6) is 0.586. The Morgan fingerprint density at radius 2 is 1.95 bits per heavy atom. The fourth-order valence-corrected chi connectivity index (χ4v) is 2.83. The summed E-state index contributed by atoms with van der Waals surface area (Å²) in [5.41, 5.74) is 9.34. The summed E-state index contributed by atoms with van der Waals surface area (Å²) in [6, 6.07) is 16.0. The van der Waals surface area contributed by atoms with Crippen molar-refractivity contribution < 1.29 is 4.79 Å². The standard InChI is InChI=1S/C19H22N2O/c1-13-7-10-16(20)12-17(13)19(22)21-18(15-8-9-15)11-14-5-3-2-4-6-14/h2-7,10,12,15,18H,8-9,11,20H2,1H3,(H,21,22). The largest absolute Gasteiger partial charge is 0.399 e. The van der Waals surface area contributed by atoms with Gasteiger partial charge >= 0.3 is 0 Å². The minimum Gasteiger partial charge on any atom is -0.399 e. The fourth-order valence-electron chi connectivity index (χ4n) is 2.83. The summed E-state index contributed by atoms with van der Waals surface area (Å²) < 4.78 is 0. The first-order chi connectivity index (χ1) is 10.6. The van der Waals surface area contributed by atoms with E-state index in [0.717, 1.165) is 12.0 Å². The second-order valence-electron chi connectivity index (χ2n) is 6.18. The van der Waals surface area contributed by atoms with Gasteiger partial charge in [0.25, 0.3) is 5.91 Å². The first-order valence-electron chi connectivity index (χ1n) is 7.84. The predicted octanol–water partition coefficient (Wildman–Crippen LogP) is 3.33. The Labute approximate surface area is 131 Å². The third kappa shape index (κ3) is 3.48. The van der Waals surface area contributed by atoms with E-state index in [2.05, 4.69) is 17.4 Å². The number of carbonyl (C=O) groups excluding carboxylic acids is 1. The average Bonchev–Trinajstić information content (AvgIpc) is 3.35. The number of amides is 1. The van der Waals surface area contributed by atoms with E-state index in [1.54, 1.807) is 6.07 Å². The highest BCUT2D eigenvalue weighted by Gasteiger charge is 2.32. The Hall–Kier alpha value is -2.29. The molecule has 0 saturated heterocycles. The van der Waals surface area contributed by atoms with Crippen molar-refractivity contribution in [2.24, 2.45) is 5.92 Å². The van der Waals surface area contributed by atoms with Crippen LogP contribution in [0.15, 0.2) is 48.5 Å². The van der Waals surface area contributed by atoms with Crippen LogP contribution in [0, 0.1) is 12.8 Å². The number of hydrogen-bond acceptors (Lipinski definition) is 2. The molecule has 0 spiro atoms. The van der Waals surface area contributed by atoms with Gasteiger partial charge < -0.3 is 11.1 Å². The molecule has 1 aliphatic rings. The molecule has 1 unspecified atom stereocenters. The Morgan fingerprint density at radius 1 is 1.23 bits per heavy atom. The van der Waals surface area contributed by atoms with Crippen LogP contribution < -0.4 is 11.1 Å². The molecule has 114 valence electrons. The van der Waals surface area contributed by atoms with Gasteiger partial charge in [-0.15, -0.1) is 0 Å². The molecule has 1 amide bonds. The van der Waals surface area contributed by atoms with E-state index >= 15 is 0 Å². The summed E-state index contributed by atoms with van der Waals surface area (Å²) in [7, 11) is 0. The number of nitrogens with two attached hydrogens (primary N) is 1. The summed E-state index contributed by atoms with van der Waals surface area (Å²) in [6.45, 7) is 1.94. The van der Waals surface area contributed by atoms with Gasteiger partial charge in [-0.1, -0.05) is 36.4 Å². The van der Waals surface area contributed by atoms with Gasteiger partial charge in [0.15, 0.2) is 0 Å². The molecule has 3 N–H and O–H groups in total. The van der Waals surface area contributed by atoms with Crippen LogP contribution in [0.3, 0.4) is 0 Å². The van der Waals surface area contributed by atoms with Crippen LogP contribution in [-0.2, 0) is 6.42 Å². The van der Waals surface area contributed by atoms with E-state index in [-0.39, 0.29) is 11.9 Å². The number of aryl methyl sites for hydroxylation is 1. The lowest BCUT2D eigenvalue weighted by Crippen LogP contribution is -2.38. The third-order valence-electron chi connectivity index (χ3n) is 4.31. The summed E-state index contributed by atoms with van der Waals surface area (Å²) in [6.07, 6.45) is 3.29. The molecule has 22 heavy (non-hydrogen) atoms. The first-order valence-corrected chi connectivity index (χ1v) is 7.84. The van der Waals surface area contributed by atoms with Gasteiger partial charge in [0.2, 0.25) is 0 Å². The fraction of sp³-hybridized carbons (Fsp3) is 0.316. The van der Waals surface area contributed by atoms with Gasteiger partial charge in [-0.3, -0.25) is 4.79 Å². The lowest BCUT2D eigenvalue weighted by atomic mass is 10.0. The molecule has 1 fully saturated rings. The van der Waals surface area contributed by atoms with Crippen molar-refractivity contribution in [3.05, 3.63) is 65.2 Å². The normalized spacial score (nSPS) is 15.3. The van der Waals surface area contributed by atoms with Gasteiger partial charge in [-0.05, 0) is 55.4 Å². The van der Waals surface area contributed by atoms with E-state index in [9.17, 15) is 4.79 Å². The molecule has 0 radical (unpaired) electrons. The van der Waals surface area contributed by atoms with Gasteiger partial charge in [0.1, 0.15) is 0 Å². The van der Waals surface area contributed by atoms with Gasteiger partial charge in [0.05, 0.1) is 0 Å². The highest BCUT2D eigenvalue weighted by atomic mass is 16.1. The number of rotatable bonds is 5. The van der Waals surface area contributed by atoms with Crippen molar-refractivity contribution in [1.29, 1.82) is 0 Å². The maximum Gasteiger partial charge on any atom is 0.251 e. The van der Waals surface area contributed by atoms with E-state index < -0.39 is 0 Å². The van der Waals surface area contributed by atoms with Crippen LogP contribution in [0.25, 0.3) is 0 Å². The van der Waals surface area contributed by atoms with E-state index in [1.165, 1.54) is 18.4 Å². The minimum absolute atomic E-state index is 0.0161. The Bertz CT molecular complexity index is 662. The van der Waals surface area contributed by atoms with E-state index in [4.69, 9.17) is 5.73 Å². The van der Waals surface area contributed by atoms with Crippen molar-refractivity contribution in [2.45, 2.75) is 32.2 Å². The van der Waals surface area contributed by atoms with Crippen molar-refractivity contribution >= 4 is 11.6 Å². The van der Waals surface area contributed by atoms with Crippen LogP contribution in [0.2, 0.25) is 0 Å². The molecule has 1 aliphatic carbocycles. The second-order valence-corrected chi connectivity index (χ2v) is 6.18. The molecule has 3 nitrogen and oxygen atoms in total. The van der Waals surface area contributed by atoms with Crippen LogP contribution in [0.1, 0.15) is 34.3 Å². The minimum atomic E-state index is -0.0161. The maximum absolute atomic E-state index is 12.6. The Kier molecular flexibility index (Phi) is 4.14. The number of anilines is 1. The van der Waals surface area contributed by atoms with E-state index in [1.807, 2.05) is 37.3 Å². The number of nitrogens with one attached hydrogen (secondary N) is 1. The third-order valence-corrected chi connectivity index (χ3v) is 4.31. The molecule has 2 aromatic rings. The van der Waals surface area contributed by atoms with Crippen molar-refractivity contribution in [3.8, 4) is 0 Å². The zero-order valence-corrected chi connectivity index (χ0v) is 12.9. The SMILES string of the molecule is Cc1ccc(N)cc1C(=O)NC(Cc1ccccc1)C1CC1. The first kappa shape index (κ1) is 14.6. The summed E-state index contributed by atoms with van der Waals surface area (Å²) >= 11 is 0. The summed E-state index contributed by atoms with van der Waals surface area (Å²) in [5, 5.41) is 3.22.